The van der Waals surface area contributed by atoms with Crippen LogP contribution in [0.3, 0.4) is 0 Å². The number of aliphatic hydroxyl groups is 1. The molecule has 0 aromatic heterocycles. The molecule has 0 radical (unpaired) electrons. The smallest absolute Gasteiger partial charge is 0.316 e. The van der Waals surface area contributed by atoms with E-state index in [1.165, 1.54) is 6.42 Å². The van der Waals surface area contributed by atoms with Gasteiger partial charge in [0.15, 0.2) is 0 Å². The highest BCUT2D eigenvalue weighted by atomic mass is 16.6. The predicted molar refractivity (Wildman–Crippen MR) is 90.8 cm³/mol. The average Bonchev–Trinajstić information content (AvgIpc) is 2.33. The van der Waals surface area contributed by atoms with Gasteiger partial charge in [-0.15, -0.1) is 0 Å². The molecule has 0 aromatic carbocycles. The lowest BCUT2D eigenvalue weighted by Crippen LogP contribution is -2.61. The van der Waals surface area contributed by atoms with Crippen LogP contribution in [0.15, 0.2) is 11.6 Å². The molecule has 23 heavy (non-hydrogen) atoms. The van der Waals surface area contributed by atoms with Gasteiger partial charge in [-0.25, -0.2) is 0 Å². The van der Waals surface area contributed by atoms with Gasteiger partial charge < -0.3 is 9.84 Å². The van der Waals surface area contributed by atoms with Gasteiger partial charge in [0.2, 0.25) is 0 Å². The highest BCUT2D eigenvalue weighted by Gasteiger charge is 2.59. The summed E-state index contributed by atoms with van der Waals surface area (Å²) in [4.78, 5) is 13.1. The third kappa shape index (κ3) is 2.97. The molecule has 0 amide bonds. The van der Waals surface area contributed by atoms with Crippen LogP contribution in [0.2, 0.25) is 0 Å². The fraction of sp³-hybridized carbons (Fsp3) is 0.850. The van der Waals surface area contributed by atoms with Crippen molar-refractivity contribution in [2.75, 3.05) is 0 Å². The van der Waals surface area contributed by atoms with Crippen LogP contribution in [-0.2, 0) is 9.53 Å². The molecule has 0 saturated heterocycles. The van der Waals surface area contributed by atoms with Crippen LogP contribution in [0, 0.1) is 23.2 Å². The zero-order chi connectivity index (χ0) is 17.0. The van der Waals surface area contributed by atoms with Gasteiger partial charge in [-0.2, -0.15) is 0 Å². The summed E-state index contributed by atoms with van der Waals surface area (Å²) in [5.41, 5.74) is -0.455. The molecule has 0 heterocycles. The molecule has 4 saturated carbocycles. The maximum Gasteiger partial charge on any atom is 0.316 e. The highest BCUT2D eigenvalue weighted by Crippen LogP contribution is 2.59. The molecule has 0 aromatic rings. The van der Waals surface area contributed by atoms with Crippen molar-refractivity contribution in [2.24, 2.45) is 23.2 Å². The van der Waals surface area contributed by atoms with Gasteiger partial charge >= 0.3 is 5.97 Å². The van der Waals surface area contributed by atoms with E-state index in [1.54, 1.807) is 0 Å². The Balaban J connectivity index is 1.83. The Morgan fingerprint density at radius 2 is 1.78 bits per heavy atom. The Labute approximate surface area is 140 Å². The Morgan fingerprint density at radius 3 is 2.22 bits per heavy atom. The summed E-state index contributed by atoms with van der Waals surface area (Å²) in [5, 5.41) is 10.8. The monoisotopic (exact) mass is 320 g/mol. The van der Waals surface area contributed by atoms with Crippen molar-refractivity contribution in [1.29, 1.82) is 0 Å². The van der Waals surface area contributed by atoms with E-state index in [1.807, 2.05) is 20.8 Å². The van der Waals surface area contributed by atoms with E-state index in [4.69, 9.17) is 4.74 Å². The van der Waals surface area contributed by atoms with Gasteiger partial charge in [-0.3, -0.25) is 4.79 Å². The molecule has 4 aliphatic rings. The molecular formula is C20H32O3. The summed E-state index contributed by atoms with van der Waals surface area (Å²) in [6.45, 7) is 10.2. The zero-order valence-electron chi connectivity index (χ0n) is 15.3. The number of rotatable bonds is 4. The maximum atomic E-state index is 13.1. The Bertz CT molecular complexity index is 515. The largest absolute Gasteiger partial charge is 0.458 e. The fourth-order valence-electron chi connectivity index (χ4n) is 5.62. The second-order valence-corrected chi connectivity index (χ2v) is 9.42. The number of hydrogen-bond acceptors (Lipinski definition) is 3. The maximum absolute atomic E-state index is 13.1. The zero-order valence-corrected chi connectivity index (χ0v) is 15.3. The minimum Gasteiger partial charge on any atom is -0.458 e. The van der Waals surface area contributed by atoms with Crippen LogP contribution in [-0.4, -0.2) is 22.3 Å². The molecule has 4 aliphatic carbocycles. The van der Waals surface area contributed by atoms with Crippen molar-refractivity contribution in [3.63, 3.8) is 0 Å². The van der Waals surface area contributed by atoms with Crippen molar-refractivity contribution < 1.29 is 14.6 Å². The van der Waals surface area contributed by atoms with E-state index in [-0.39, 0.29) is 11.9 Å². The number of esters is 1. The summed E-state index contributed by atoms with van der Waals surface area (Å²) in [5.74, 6) is 1.13. The first-order chi connectivity index (χ1) is 10.6. The highest BCUT2D eigenvalue weighted by molar-refractivity contribution is 5.79. The van der Waals surface area contributed by atoms with Gasteiger partial charge in [-0.05, 0) is 70.6 Å². The first kappa shape index (κ1) is 17.0. The minimum atomic E-state index is -0.592. The number of hydrogen-bond donors (Lipinski definition) is 1. The normalized spacial score (nSPS) is 40.8. The van der Waals surface area contributed by atoms with Crippen molar-refractivity contribution in [1.82, 2.24) is 0 Å². The molecule has 3 unspecified atom stereocenters. The second kappa shape index (κ2) is 5.34. The fourth-order valence-corrected chi connectivity index (χ4v) is 5.62. The van der Waals surface area contributed by atoms with Gasteiger partial charge in [0, 0.05) is 6.42 Å². The van der Waals surface area contributed by atoms with Crippen LogP contribution < -0.4 is 0 Å². The minimum absolute atomic E-state index is 0.112. The molecule has 3 heteroatoms. The first-order valence-electron chi connectivity index (χ1n) is 9.18. The number of carbonyl (C=O) groups excluding carboxylic acids is 1. The Morgan fingerprint density at radius 1 is 1.22 bits per heavy atom. The SMILES string of the molecule is CC(C)=CC(C)(C(=O)OC12CC3CC(CC(O)(C3)C1)C2)C(C)C. The standard InChI is InChI=1S/C20H32O3/c1-13(2)7-18(5,14(3)4)17(21)23-20-10-15-6-16(11-20)9-19(22,8-15)12-20/h7,14-16,22H,6,8-12H2,1-5H3. The van der Waals surface area contributed by atoms with Crippen molar-refractivity contribution >= 4 is 5.97 Å². The van der Waals surface area contributed by atoms with E-state index in [2.05, 4.69) is 19.9 Å². The lowest BCUT2D eigenvalue weighted by molar-refractivity contribution is -0.225. The lowest BCUT2D eigenvalue weighted by atomic mass is 9.52. The molecule has 1 N–H and O–H groups in total. The van der Waals surface area contributed by atoms with Gasteiger partial charge in [0.1, 0.15) is 5.60 Å². The molecule has 0 spiro atoms. The number of carbonyl (C=O) groups is 1. The van der Waals surface area contributed by atoms with Crippen LogP contribution >= 0.6 is 0 Å². The van der Waals surface area contributed by atoms with Gasteiger partial charge in [-0.1, -0.05) is 25.5 Å². The molecule has 0 aliphatic heterocycles. The van der Waals surface area contributed by atoms with Crippen LogP contribution in [0.25, 0.3) is 0 Å². The summed E-state index contributed by atoms with van der Waals surface area (Å²) in [7, 11) is 0. The van der Waals surface area contributed by atoms with E-state index >= 15 is 0 Å². The summed E-state index contributed by atoms with van der Waals surface area (Å²) < 4.78 is 6.20. The lowest BCUT2D eigenvalue weighted by Gasteiger charge is -2.59. The van der Waals surface area contributed by atoms with E-state index in [0.717, 1.165) is 31.3 Å². The Hall–Kier alpha value is -0.830. The number of allylic oxidation sites excluding steroid dienone is 1. The summed E-state index contributed by atoms with van der Waals surface area (Å²) in [6, 6.07) is 0. The first-order valence-corrected chi connectivity index (χ1v) is 9.18. The summed E-state index contributed by atoms with van der Waals surface area (Å²) >= 11 is 0. The molecule has 4 fully saturated rings. The van der Waals surface area contributed by atoms with Crippen LogP contribution in [0.1, 0.15) is 73.1 Å². The van der Waals surface area contributed by atoms with Gasteiger partial charge in [0.05, 0.1) is 11.0 Å². The molecular weight excluding hydrogens is 288 g/mol. The van der Waals surface area contributed by atoms with Crippen LogP contribution in [0.5, 0.6) is 0 Å². The Kier molecular flexibility index (Phi) is 3.95. The van der Waals surface area contributed by atoms with E-state index < -0.39 is 16.6 Å². The number of ether oxygens (including phenoxy) is 1. The second-order valence-electron chi connectivity index (χ2n) is 9.42. The predicted octanol–water partition coefficient (Wildman–Crippen LogP) is 4.24. The van der Waals surface area contributed by atoms with Crippen molar-refractivity contribution in [3.05, 3.63) is 11.6 Å². The van der Waals surface area contributed by atoms with Gasteiger partial charge in [0.25, 0.3) is 0 Å². The quantitative estimate of drug-likeness (QED) is 0.622. The average molecular weight is 320 g/mol. The molecule has 4 bridgehead atoms. The molecule has 3 nitrogen and oxygen atoms in total. The van der Waals surface area contributed by atoms with Crippen LogP contribution in [0.4, 0.5) is 0 Å². The molecule has 4 rings (SSSR count). The summed E-state index contributed by atoms with van der Waals surface area (Å²) in [6.07, 6.45) is 7.59. The van der Waals surface area contributed by atoms with Crippen molar-refractivity contribution in [2.45, 2.75) is 84.3 Å². The van der Waals surface area contributed by atoms with Crippen molar-refractivity contribution in [3.8, 4) is 0 Å². The molecule has 3 atom stereocenters. The van der Waals surface area contributed by atoms with E-state index in [0.29, 0.717) is 18.3 Å². The third-order valence-electron chi connectivity index (χ3n) is 6.51. The third-order valence-corrected chi connectivity index (χ3v) is 6.51. The topological polar surface area (TPSA) is 46.5 Å². The van der Waals surface area contributed by atoms with E-state index in [9.17, 15) is 9.90 Å². The molecule has 130 valence electrons.